The summed E-state index contributed by atoms with van der Waals surface area (Å²) < 4.78 is 49.3. The summed E-state index contributed by atoms with van der Waals surface area (Å²) in [5.74, 6) is 0. The molecular formula is C20H42INO9. The Balaban J connectivity index is 2.98. The molecule has 0 atom stereocenters. The van der Waals surface area contributed by atoms with Crippen molar-refractivity contribution in [3.05, 3.63) is 0 Å². The van der Waals surface area contributed by atoms with Gasteiger partial charge in [0.2, 0.25) is 0 Å². The maximum atomic E-state index is 5.43. The molecule has 0 radical (unpaired) electrons. The van der Waals surface area contributed by atoms with Crippen LogP contribution in [0.4, 0.5) is 0 Å². The topological polar surface area (TPSA) is 109 Å². The zero-order chi connectivity index (χ0) is 22.5. The first-order valence-electron chi connectivity index (χ1n) is 10.9. The van der Waals surface area contributed by atoms with Gasteiger partial charge in [0.25, 0.3) is 0 Å². The van der Waals surface area contributed by atoms with Crippen LogP contribution in [-0.4, -0.2) is 130 Å². The largest absolute Gasteiger partial charge is 0.378 e. The zero-order valence-corrected chi connectivity index (χ0v) is 20.9. The Morgan fingerprint density at radius 1 is 0.323 bits per heavy atom. The predicted molar refractivity (Wildman–Crippen MR) is 125 cm³/mol. The van der Waals surface area contributed by atoms with Gasteiger partial charge in [0.15, 0.2) is 0 Å². The van der Waals surface area contributed by atoms with E-state index in [2.05, 4.69) is 22.6 Å². The van der Waals surface area contributed by atoms with Crippen molar-refractivity contribution in [2.24, 2.45) is 5.73 Å². The fraction of sp³-hybridized carbons (Fsp3) is 1.00. The number of hydrogen-bond donors (Lipinski definition) is 1. The van der Waals surface area contributed by atoms with E-state index in [0.29, 0.717) is 119 Å². The van der Waals surface area contributed by atoms with Crippen LogP contribution in [0.1, 0.15) is 0 Å². The summed E-state index contributed by atoms with van der Waals surface area (Å²) in [5, 5.41) is 0. The van der Waals surface area contributed by atoms with Crippen LogP contribution in [0.5, 0.6) is 0 Å². The van der Waals surface area contributed by atoms with Gasteiger partial charge in [-0.05, 0) is 0 Å². The van der Waals surface area contributed by atoms with E-state index in [1.807, 2.05) is 0 Å². The van der Waals surface area contributed by atoms with E-state index in [0.717, 1.165) is 11.0 Å². The number of nitrogens with two attached hydrogens (primary N) is 1. The molecular weight excluding hydrogens is 525 g/mol. The van der Waals surface area contributed by atoms with Crippen LogP contribution in [0, 0.1) is 0 Å². The highest BCUT2D eigenvalue weighted by molar-refractivity contribution is 14.1. The zero-order valence-electron chi connectivity index (χ0n) is 18.8. The van der Waals surface area contributed by atoms with Crippen LogP contribution in [0.25, 0.3) is 0 Å². The van der Waals surface area contributed by atoms with Crippen molar-refractivity contribution in [3.63, 3.8) is 0 Å². The molecule has 0 fully saturated rings. The van der Waals surface area contributed by atoms with Gasteiger partial charge in [-0.25, -0.2) is 0 Å². The maximum absolute atomic E-state index is 5.43. The Bertz CT molecular complexity index is 292. The lowest BCUT2D eigenvalue weighted by Crippen LogP contribution is -2.15. The number of alkyl halides is 1. The molecule has 0 aromatic carbocycles. The Morgan fingerprint density at radius 2 is 0.516 bits per heavy atom. The third-order valence-corrected chi connectivity index (χ3v) is 3.90. The van der Waals surface area contributed by atoms with Crippen molar-refractivity contribution in [3.8, 4) is 0 Å². The van der Waals surface area contributed by atoms with Gasteiger partial charge in [0, 0.05) is 11.0 Å². The first-order chi connectivity index (χ1) is 15.4. The van der Waals surface area contributed by atoms with E-state index in [1.165, 1.54) is 0 Å². The van der Waals surface area contributed by atoms with Crippen molar-refractivity contribution in [1.29, 1.82) is 0 Å². The summed E-state index contributed by atoms with van der Waals surface area (Å²) in [5.41, 5.74) is 5.31. The smallest absolute Gasteiger partial charge is 0.0701 e. The van der Waals surface area contributed by atoms with Gasteiger partial charge in [0.1, 0.15) is 0 Å². The second kappa shape index (κ2) is 30.3. The lowest BCUT2D eigenvalue weighted by Gasteiger charge is -2.08. The van der Waals surface area contributed by atoms with E-state index in [-0.39, 0.29) is 0 Å². The third kappa shape index (κ3) is 30.3. The van der Waals surface area contributed by atoms with Crippen LogP contribution in [0.2, 0.25) is 0 Å². The van der Waals surface area contributed by atoms with Gasteiger partial charge in [0.05, 0.1) is 119 Å². The number of ether oxygens (including phenoxy) is 9. The van der Waals surface area contributed by atoms with E-state index in [1.54, 1.807) is 0 Å². The molecule has 31 heavy (non-hydrogen) atoms. The Morgan fingerprint density at radius 3 is 0.710 bits per heavy atom. The SMILES string of the molecule is NCCOCCOCCOCCOCCOCCOCCOCCOCCOCCI. The average Bonchev–Trinajstić information content (AvgIpc) is 2.78. The van der Waals surface area contributed by atoms with Gasteiger partial charge in [-0.1, -0.05) is 22.6 Å². The summed E-state index contributed by atoms with van der Waals surface area (Å²) in [4.78, 5) is 0. The predicted octanol–water partition coefficient (Wildman–Crippen LogP) is 0.530. The summed E-state index contributed by atoms with van der Waals surface area (Å²) in [6, 6.07) is 0. The van der Waals surface area contributed by atoms with Crippen LogP contribution in [-0.2, 0) is 42.6 Å². The highest BCUT2D eigenvalue weighted by Gasteiger charge is 1.95. The highest BCUT2D eigenvalue weighted by Crippen LogP contribution is 1.86. The van der Waals surface area contributed by atoms with Gasteiger partial charge in [-0.2, -0.15) is 0 Å². The van der Waals surface area contributed by atoms with Crippen molar-refractivity contribution < 1.29 is 42.6 Å². The monoisotopic (exact) mass is 567 g/mol. The van der Waals surface area contributed by atoms with Crippen LogP contribution in [0.3, 0.4) is 0 Å². The fourth-order valence-corrected chi connectivity index (χ4v) is 2.31. The third-order valence-electron chi connectivity index (χ3n) is 3.46. The molecule has 0 saturated heterocycles. The molecule has 0 bridgehead atoms. The lowest BCUT2D eigenvalue weighted by atomic mass is 10.6. The van der Waals surface area contributed by atoms with Gasteiger partial charge >= 0.3 is 0 Å². The minimum Gasteiger partial charge on any atom is -0.378 e. The lowest BCUT2D eigenvalue weighted by molar-refractivity contribution is -0.0246. The first-order valence-corrected chi connectivity index (χ1v) is 12.4. The molecule has 0 spiro atoms. The molecule has 0 unspecified atom stereocenters. The molecule has 0 aliphatic carbocycles. The minimum absolute atomic E-state index is 0.532. The van der Waals surface area contributed by atoms with Crippen molar-refractivity contribution in [2.75, 3.05) is 130 Å². The molecule has 0 rings (SSSR count). The molecule has 10 nitrogen and oxygen atoms in total. The standard InChI is InChI=1S/C20H42INO9/c21-1-3-23-5-7-25-9-11-27-13-15-29-17-19-31-20-18-30-16-14-28-12-10-26-8-6-24-4-2-22/h1-20,22H2. The van der Waals surface area contributed by atoms with Crippen molar-refractivity contribution in [2.45, 2.75) is 0 Å². The average molecular weight is 567 g/mol. The molecule has 0 saturated carbocycles. The molecule has 11 heteroatoms. The van der Waals surface area contributed by atoms with Gasteiger partial charge < -0.3 is 48.4 Å². The van der Waals surface area contributed by atoms with Gasteiger partial charge in [-0.3, -0.25) is 0 Å². The van der Waals surface area contributed by atoms with Crippen LogP contribution < -0.4 is 5.73 Å². The molecule has 2 N–H and O–H groups in total. The van der Waals surface area contributed by atoms with Crippen LogP contribution in [0.15, 0.2) is 0 Å². The molecule has 0 aliphatic heterocycles. The van der Waals surface area contributed by atoms with Crippen molar-refractivity contribution >= 4 is 22.6 Å². The molecule has 0 aliphatic rings. The molecule has 0 aromatic rings. The summed E-state index contributed by atoms with van der Waals surface area (Å²) >= 11 is 2.28. The quantitative estimate of drug-likeness (QED) is 0.0817. The van der Waals surface area contributed by atoms with Crippen LogP contribution >= 0.6 is 22.6 Å². The van der Waals surface area contributed by atoms with E-state index >= 15 is 0 Å². The van der Waals surface area contributed by atoms with E-state index in [4.69, 9.17) is 48.4 Å². The number of hydrogen-bond acceptors (Lipinski definition) is 10. The van der Waals surface area contributed by atoms with E-state index < -0.39 is 0 Å². The van der Waals surface area contributed by atoms with E-state index in [9.17, 15) is 0 Å². The summed E-state index contributed by atoms with van der Waals surface area (Å²) in [7, 11) is 0. The molecule has 0 heterocycles. The van der Waals surface area contributed by atoms with Gasteiger partial charge in [-0.15, -0.1) is 0 Å². The first kappa shape index (κ1) is 31.3. The maximum Gasteiger partial charge on any atom is 0.0701 e. The fourth-order valence-electron chi connectivity index (χ4n) is 2.00. The second-order valence-corrected chi connectivity index (χ2v) is 7.07. The normalized spacial score (nSPS) is 11.4. The molecule has 0 aromatic heterocycles. The molecule has 188 valence electrons. The number of halogens is 1. The molecule has 0 amide bonds. The minimum atomic E-state index is 0.532. The summed E-state index contributed by atoms with van der Waals surface area (Å²) in [6.07, 6.45) is 0. The Kier molecular flexibility index (Phi) is 30.7. The highest BCUT2D eigenvalue weighted by atomic mass is 127. The Labute approximate surface area is 200 Å². The second-order valence-electron chi connectivity index (χ2n) is 5.99. The Hall–Kier alpha value is 0.330. The summed E-state index contributed by atoms with van der Waals surface area (Å²) in [6.45, 7) is 10.7. The number of rotatable bonds is 28. The van der Waals surface area contributed by atoms with Crippen molar-refractivity contribution in [1.82, 2.24) is 0 Å².